The molecule has 0 heterocycles. The van der Waals surface area contributed by atoms with Crippen LogP contribution in [0, 0.1) is 0 Å². The Hall–Kier alpha value is -3.12. The summed E-state index contributed by atoms with van der Waals surface area (Å²) in [5.74, 6) is -1.02. The average Bonchev–Trinajstić information content (AvgIpc) is 3.02. The molecule has 18 heteroatoms. The molecule has 0 aliphatic heterocycles. The van der Waals surface area contributed by atoms with Gasteiger partial charge in [0.15, 0.2) is 6.04 Å². The highest BCUT2D eigenvalue weighted by molar-refractivity contribution is 7.78. The normalized spacial score (nSPS) is 9.43. The average molecular weight is 752 g/mol. The fraction of sp³-hybridized carbons (Fsp3) is 0.690. The molecule has 0 aliphatic rings. The number of hydrogen-bond acceptors (Lipinski definition) is 18. The Morgan fingerprint density at radius 2 is 1.02 bits per heavy atom. The SMILES string of the molecule is CCN=C=S.CCOC(=O)C(C)N=C=S.CCOC(=O)CC(C)N=C=S.CCOC(=O)CCCN=C=S.CCOC(=O)CCN=C=S. The molecule has 0 aromatic heterocycles. The summed E-state index contributed by atoms with van der Waals surface area (Å²) in [6.07, 6.45) is 1.66. The number of rotatable bonds is 17. The van der Waals surface area contributed by atoms with Crippen molar-refractivity contribution in [3.8, 4) is 0 Å². The predicted molar refractivity (Wildman–Crippen MR) is 199 cm³/mol. The van der Waals surface area contributed by atoms with Gasteiger partial charge in [-0.3, -0.25) is 14.4 Å². The number of nitrogens with zero attached hydrogens (tertiary/aromatic N) is 5. The second-order valence-electron chi connectivity index (χ2n) is 7.70. The van der Waals surface area contributed by atoms with Gasteiger partial charge in [-0.2, -0.15) is 0 Å². The highest BCUT2D eigenvalue weighted by atomic mass is 32.1. The summed E-state index contributed by atoms with van der Waals surface area (Å²) < 4.78 is 18.7. The molecule has 0 radical (unpaired) electrons. The zero-order chi connectivity index (χ0) is 37.1. The first-order valence-corrected chi connectivity index (χ1v) is 16.4. The summed E-state index contributed by atoms with van der Waals surface area (Å²) in [5.41, 5.74) is 0. The number of ether oxygens (including phenoxy) is 4. The highest BCUT2D eigenvalue weighted by Crippen LogP contribution is 1.97. The standard InChI is InChI=1S/2C7H11NO2S.2C6H9NO2S.C3H5NS/c1-3-10-7(9)4-6(2)8-5-11;1-2-10-7(9)4-3-5-8-6-11;1-3-9-6(8)5(2)7-4-10;1-2-9-6(8)3-4-7-5-10;1-2-4-3-5/h6H,3-4H2,1-2H3;2-5H2,1H3;5H,3H2,1-2H3;2-4H2,1H3;2H2,1H3. The molecule has 2 unspecified atom stereocenters. The number of thiocarbonyl (C=S) groups is 5. The lowest BCUT2D eigenvalue weighted by atomic mass is 10.2. The number of aliphatic imine (C=N–C) groups is 5. The minimum atomic E-state index is -0.516. The van der Waals surface area contributed by atoms with Crippen molar-refractivity contribution in [2.75, 3.05) is 46.1 Å². The van der Waals surface area contributed by atoms with Crippen LogP contribution in [-0.4, -0.2) is 108 Å². The van der Waals surface area contributed by atoms with E-state index in [2.05, 4.69) is 121 Å². The number of carbonyl (C=O) groups is 4. The fourth-order valence-corrected chi connectivity index (χ4v) is 2.71. The van der Waals surface area contributed by atoms with Gasteiger partial charge in [0.25, 0.3) is 0 Å². The van der Waals surface area contributed by atoms with Gasteiger partial charge in [-0.05, 0) is 116 Å². The van der Waals surface area contributed by atoms with E-state index in [1.165, 1.54) is 0 Å². The van der Waals surface area contributed by atoms with Crippen LogP contribution in [0.2, 0.25) is 0 Å². The van der Waals surface area contributed by atoms with Gasteiger partial charge >= 0.3 is 23.9 Å². The van der Waals surface area contributed by atoms with Gasteiger partial charge < -0.3 is 18.9 Å². The van der Waals surface area contributed by atoms with Gasteiger partial charge in [0, 0.05) is 19.5 Å². The molecule has 0 aliphatic carbocycles. The first-order valence-electron chi connectivity index (χ1n) is 14.3. The van der Waals surface area contributed by atoms with E-state index in [0.29, 0.717) is 52.4 Å². The molecular formula is C29H45N5O8S5. The molecule has 0 fully saturated rings. The molecule has 0 aromatic carbocycles. The maximum Gasteiger partial charge on any atom is 0.331 e. The Kier molecular flexibility index (Phi) is 53.7. The maximum absolute atomic E-state index is 10.8. The van der Waals surface area contributed by atoms with E-state index in [0.717, 1.165) is 6.54 Å². The molecule has 264 valence electrons. The van der Waals surface area contributed by atoms with Crippen molar-refractivity contribution in [2.45, 2.75) is 86.2 Å². The largest absolute Gasteiger partial charge is 0.466 e. The van der Waals surface area contributed by atoms with E-state index in [1.54, 1.807) is 41.5 Å². The zero-order valence-corrected chi connectivity index (χ0v) is 32.1. The summed E-state index contributed by atoms with van der Waals surface area (Å²) in [6, 6.07) is -0.635. The monoisotopic (exact) mass is 751 g/mol. The summed E-state index contributed by atoms with van der Waals surface area (Å²) in [6.45, 7) is 15.7. The quantitative estimate of drug-likeness (QED) is 0.0554. The molecule has 0 saturated heterocycles. The third-order valence-electron chi connectivity index (χ3n) is 3.96. The number of isothiocyanates is 5. The minimum absolute atomic E-state index is 0.119. The van der Waals surface area contributed by atoms with Crippen molar-refractivity contribution >= 4 is 111 Å². The molecule has 0 bridgehead atoms. The van der Waals surface area contributed by atoms with Crippen molar-refractivity contribution in [2.24, 2.45) is 25.0 Å². The summed E-state index contributed by atoms with van der Waals surface area (Å²) in [5, 5.41) is 11.0. The van der Waals surface area contributed by atoms with Crippen molar-refractivity contribution < 1.29 is 38.1 Å². The highest BCUT2D eigenvalue weighted by Gasteiger charge is 2.10. The van der Waals surface area contributed by atoms with Crippen molar-refractivity contribution in [1.29, 1.82) is 0 Å². The first kappa shape index (κ1) is 53.4. The summed E-state index contributed by atoms with van der Waals surface area (Å²) >= 11 is 21.6. The van der Waals surface area contributed by atoms with E-state index < -0.39 is 6.04 Å². The second kappa shape index (κ2) is 47.3. The molecule has 0 saturated carbocycles. The number of carbonyl (C=O) groups excluding carboxylic acids is 4. The third-order valence-corrected chi connectivity index (χ3v) is 4.55. The van der Waals surface area contributed by atoms with Crippen LogP contribution in [0.25, 0.3) is 0 Å². The topological polar surface area (TPSA) is 167 Å². The Bertz CT molecular complexity index is 1100. The van der Waals surface area contributed by atoms with Crippen LogP contribution in [0.4, 0.5) is 0 Å². The Morgan fingerprint density at radius 1 is 0.574 bits per heavy atom. The smallest absolute Gasteiger partial charge is 0.331 e. The van der Waals surface area contributed by atoms with Gasteiger partial charge in [0.05, 0.1) is 77.7 Å². The fourth-order valence-electron chi connectivity index (χ4n) is 2.06. The second-order valence-corrected chi connectivity index (χ2v) is 8.62. The summed E-state index contributed by atoms with van der Waals surface area (Å²) in [7, 11) is 0. The van der Waals surface area contributed by atoms with Crippen LogP contribution in [0.3, 0.4) is 0 Å². The lowest BCUT2D eigenvalue weighted by Crippen LogP contribution is -2.17. The molecule has 0 rings (SSSR count). The van der Waals surface area contributed by atoms with Gasteiger partial charge in [-0.1, -0.05) is 0 Å². The molecule has 0 aromatic rings. The third kappa shape index (κ3) is 55.7. The summed E-state index contributed by atoms with van der Waals surface area (Å²) in [4.78, 5) is 60.8. The lowest BCUT2D eigenvalue weighted by Gasteiger charge is -2.02. The number of esters is 4. The van der Waals surface area contributed by atoms with E-state index in [-0.39, 0.29) is 42.8 Å². The van der Waals surface area contributed by atoms with Gasteiger partial charge in [-0.25, -0.2) is 29.8 Å². The van der Waals surface area contributed by atoms with Crippen LogP contribution >= 0.6 is 61.1 Å². The minimum Gasteiger partial charge on any atom is -0.466 e. The van der Waals surface area contributed by atoms with Crippen LogP contribution in [0.15, 0.2) is 25.0 Å². The molecule has 13 nitrogen and oxygen atoms in total. The molecular weight excluding hydrogens is 707 g/mol. The first-order chi connectivity index (χ1) is 22.5. The Morgan fingerprint density at radius 3 is 1.43 bits per heavy atom. The van der Waals surface area contributed by atoms with Crippen molar-refractivity contribution in [3.05, 3.63) is 0 Å². The van der Waals surface area contributed by atoms with E-state index >= 15 is 0 Å². The number of hydrogen-bond donors (Lipinski definition) is 0. The predicted octanol–water partition coefficient (Wildman–Crippen LogP) is 6.06. The molecule has 0 N–H and O–H groups in total. The molecule has 47 heavy (non-hydrogen) atoms. The Labute approximate surface area is 304 Å². The lowest BCUT2D eigenvalue weighted by molar-refractivity contribution is -0.144. The van der Waals surface area contributed by atoms with Crippen LogP contribution in [-0.2, 0) is 38.1 Å². The van der Waals surface area contributed by atoms with Gasteiger partial charge in [0.2, 0.25) is 0 Å². The molecule has 0 amide bonds. The van der Waals surface area contributed by atoms with E-state index in [1.807, 2.05) is 6.92 Å². The van der Waals surface area contributed by atoms with Crippen LogP contribution < -0.4 is 0 Å². The van der Waals surface area contributed by atoms with Gasteiger partial charge in [0.1, 0.15) is 0 Å². The molecule has 0 spiro atoms. The Balaban J connectivity index is -0.000000159. The maximum atomic E-state index is 10.8. The van der Waals surface area contributed by atoms with Gasteiger partial charge in [-0.15, -0.1) is 0 Å². The molecule has 2 atom stereocenters. The van der Waals surface area contributed by atoms with Crippen LogP contribution in [0.5, 0.6) is 0 Å². The zero-order valence-electron chi connectivity index (χ0n) is 28.0. The van der Waals surface area contributed by atoms with E-state index in [9.17, 15) is 19.2 Å². The van der Waals surface area contributed by atoms with E-state index in [4.69, 9.17) is 9.47 Å². The van der Waals surface area contributed by atoms with Crippen molar-refractivity contribution in [1.82, 2.24) is 0 Å². The van der Waals surface area contributed by atoms with Crippen LogP contribution in [0.1, 0.15) is 74.1 Å². The van der Waals surface area contributed by atoms with Crippen molar-refractivity contribution in [3.63, 3.8) is 0 Å².